The van der Waals surface area contributed by atoms with Gasteiger partial charge in [-0.05, 0) is 55.0 Å². The summed E-state index contributed by atoms with van der Waals surface area (Å²) in [5.74, 6) is 0.258. The van der Waals surface area contributed by atoms with Gasteiger partial charge in [0, 0.05) is 25.7 Å². The molecule has 0 aliphatic heterocycles. The van der Waals surface area contributed by atoms with E-state index in [1.807, 2.05) is 17.5 Å². The summed E-state index contributed by atoms with van der Waals surface area (Å²) in [6, 6.07) is 10.4. The minimum absolute atomic E-state index is 0.258. The maximum Gasteiger partial charge on any atom is 0.172 e. The summed E-state index contributed by atoms with van der Waals surface area (Å²) in [6.45, 7) is 5.13. The monoisotopic (exact) mass is 287 g/mol. The summed E-state index contributed by atoms with van der Waals surface area (Å²) in [5.41, 5.74) is 3.79. The van der Waals surface area contributed by atoms with Gasteiger partial charge in [0.1, 0.15) is 0 Å². The minimum atomic E-state index is 0.258. The second-order valence-electron chi connectivity index (χ2n) is 5.27. The largest absolute Gasteiger partial charge is 0.375 e. The van der Waals surface area contributed by atoms with Crippen molar-refractivity contribution < 1.29 is 4.79 Å². The topological polar surface area (TPSA) is 20.3 Å². The van der Waals surface area contributed by atoms with E-state index in [1.54, 1.807) is 0 Å². The molecule has 1 heterocycles. The molecular weight excluding hydrogens is 266 g/mol. The van der Waals surface area contributed by atoms with Crippen LogP contribution in [0.5, 0.6) is 0 Å². The Morgan fingerprint density at radius 3 is 2.50 bits per heavy atom. The number of carbonyl (C=O) groups excluding carboxylic acids is 1. The van der Waals surface area contributed by atoms with Crippen LogP contribution in [0.2, 0.25) is 0 Å². The standard InChI is InChI=1S/C17H21NOS/c1-13-10-14(2)12-15(11-13)18(3)8-4-6-16(19)17-7-5-9-20-17/h5,7,9-12H,4,6,8H2,1-3H3. The maximum absolute atomic E-state index is 11.9. The molecule has 0 radical (unpaired) electrons. The molecule has 0 spiro atoms. The van der Waals surface area contributed by atoms with E-state index in [1.165, 1.54) is 28.2 Å². The van der Waals surface area contributed by atoms with Crippen molar-refractivity contribution in [2.45, 2.75) is 26.7 Å². The number of rotatable bonds is 6. The van der Waals surface area contributed by atoms with Crippen LogP contribution < -0.4 is 4.90 Å². The van der Waals surface area contributed by atoms with Gasteiger partial charge in [0.25, 0.3) is 0 Å². The molecule has 0 aliphatic carbocycles. The zero-order chi connectivity index (χ0) is 14.5. The minimum Gasteiger partial charge on any atom is -0.375 e. The lowest BCUT2D eigenvalue weighted by Crippen LogP contribution is -2.19. The van der Waals surface area contributed by atoms with Crippen molar-refractivity contribution in [3.63, 3.8) is 0 Å². The van der Waals surface area contributed by atoms with Crippen molar-refractivity contribution in [2.24, 2.45) is 0 Å². The Morgan fingerprint density at radius 1 is 1.20 bits per heavy atom. The van der Waals surface area contributed by atoms with Gasteiger partial charge in [-0.1, -0.05) is 12.1 Å². The zero-order valence-corrected chi connectivity index (χ0v) is 13.2. The Bertz CT molecular complexity index is 554. The fourth-order valence-electron chi connectivity index (χ4n) is 2.34. The van der Waals surface area contributed by atoms with Crippen molar-refractivity contribution >= 4 is 22.8 Å². The zero-order valence-electron chi connectivity index (χ0n) is 12.3. The molecule has 106 valence electrons. The molecule has 0 bridgehead atoms. The molecule has 0 fully saturated rings. The number of benzene rings is 1. The van der Waals surface area contributed by atoms with Crippen LogP contribution in [0.3, 0.4) is 0 Å². The first kappa shape index (κ1) is 14.8. The second kappa shape index (κ2) is 6.71. The molecule has 3 heteroatoms. The third-order valence-corrected chi connectivity index (χ3v) is 4.25. The van der Waals surface area contributed by atoms with E-state index in [0.717, 1.165) is 17.8 Å². The SMILES string of the molecule is Cc1cc(C)cc(N(C)CCCC(=O)c2cccs2)c1. The van der Waals surface area contributed by atoms with Crippen LogP contribution in [0.25, 0.3) is 0 Å². The first-order valence-corrected chi connectivity index (χ1v) is 7.80. The van der Waals surface area contributed by atoms with E-state index in [-0.39, 0.29) is 5.78 Å². The normalized spacial score (nSPS) is 10.6. The number of hydrogen-bond donors (Lipinski definition) is 0. The highest BCUT2D eigenvalue weighted by Crippen LogP contribution is 2.18. The molecule has 0 saturated heterocycles. The smallest absolute Gasteiger partial charge is 0.172 e. The second-order valence-corrected chi connectivity index (χ2v) is 6.22. The van der Waals surface area contributed by atoms with Crippen molar-refractivity contribution in [1.82, 2.24) is 0 Å². The number of ketones is 1. The van der Waals surface area contributed by atoms with E-state index < -0.39 is 0 Å². The highest BCUT2D eigenvalue weighted by molar-refractivity contribution is 7.12. The van der Waals surface area contributed by atoms with Gasteiger partial charge in [-0.15, -0.1) is 11.3 Å². The lowest BCUT2D eigenvalue weighted by atomic mass is 10.1. The van der Waals surface area contributed by atoms with Crippen LogP contribution in [0.4, 0.5) is 5.69 Å². The van der Waals surface area contributed by atoms with Gasteiger partial charge < -0.3 is 4.90 Å². The lowest BCUT2D eigenvalue weighted by molar-refractivity contribution is 0.0984. The molecule has 2 rings (SSSR count). The van der Waals surface area contributed by atoms with E-state index in [0.29, 0.717) is 6.42 Å². The van der Waals surface area contributed by atoms with Gasteiger partial charge in [-0.3, -0.25) is 4.79 Å². The number of anilines is 1. The number of aryl methyl sites for hydroxylation is 2. The number of thiophene rings is 1. The van der Waals surface area contributed by atoms with Gasteiger partial charge >= 0.3 is 0 Å². The fourth-order valence-corrected chi connectivity index (χ4v) is 3.03. The van der Waals surface area contributed by atoms with E-state index in [2.05, 4.69) is 44.0 Å². The molecule has 0 N–H and O–H groups in total. The molecule has 0 atom stereocenters. The average molecular weight is 287 g/mol. The molecule has 0 aliphatic rings. The van der Waals surface area contributed by atoms with Gasteiger partial charge in [-0.25, -0.2) is 0 Å². The Morgan fingerprint density at radius 2 is 1.90 bits per heavy atom. The molecule has 0 saturated carbocycles. The number of carbonyl (C=O) groups is 1. The molecule has 1 aromatic carbocycles. The summed E-state index contributed by atoms with van der Waals surface area (Å²) in [5, 5.41) is 1.95. The first-order valence-electron chi connectivity index (χ1n) is 6.92. The summed E-state index contributed by atoms with van der Waals surface area (Å²) >= 11 is 1.53. The van der Waals surface area contributed by atoms with Crippen LogP contribution >= 0.6 is 11.3 Å². The Hall–Kier alpha value is -1.61. The van der Waals surface area contributed by atoms with Gasteiger partial charge in [0.05, 0.1) is 4.88 Å². The van der Waals surface area contributed by atoms with Crippen LogP contribution in [-0.2, 0) is 0 Å². The van der Waals surface area contributed by atoms with Crippen LogP contribution in [0.1, 0.15) is 33.6 Å². The van der Waals surface area contributed by atoms with E-state index in [4.69, 9.17) is 0 Å². The third-order valence-electron chi connectivity index (χ3n) is 3.34. The summed E-state index contributed by atoms with van der Waals surface area (Å²) < 4.78 is 0. The summed E-state index contributed by atoms with van der Waals surface area (Å²) in [6.07, 6.45) is 1.51. The maximum atomic E-state index is 11.9. The number of Topliss-reactive ketones (excluding diaryl/α,β-unsaturated/α-hetero) is 1. The van der Waals surface area contributed by atoms with Crippen molar-refractivity contribution in [1.29, 1.82) is 0 Å². The Balaban J connectivity index is 1.86. The quantitative estimate of drug-likeness (QED) is 0.731. The van der Waals surface area contributed by atoms with Crippen molar-refractivity contribution in [2.75, 3.05) is 18.5 Å². The number of hydrogen-bond acceptors (Lipinski definition) is 3. The van der Waals surface area contributed by atoms with Gasteiger partial charge in [-0.2, -0.15) is 0 Å². The predicted molar refractivity (Wildman–Crippen MR) is 87.1 cm³/mol. The summed E-state index contributed by atoms with van der Waals surface area (Å²) in [7, 11) is 2.09. The fraction of sp³-hybridized carbons (Fsp3) is 0.353. The van der Waals surface area contributed by atoms with E-state index >= 15 is 0 Å². The lowest BCUT2D eigenvalue weighted by Gasteiger charge is -2.20. The average Bonchev–Trinajstić information content (AvgIpc) is 2.91. The van der Waals surface area contributed by atoms with Crippen molar-refractivity contribution in [3.05, 3.63) is 51.7 Å². The van der Waals surface area contributed by atoms with Gasteiger partial charge in [0.15, 0.2) is 5.78 Å². The summed E-state index contributed by atoms with van der Waals surface area (Å²) in [4.78, 5) is 15.0. The highest BCUT2D eigenvalue weighted by atomic mass is 32.1. The first-order chi connectivity index (χ1) is 9.56. The molecule has 1 aromatic heterocycles. The van der Waals surface area contributed by atoms with Crippen LogP contribution in [0.15, 0.2) is 35.7 Å². The molecule has 2 aromatic rings. The van der Waals surface area contributed by atoms with Crippen LogP contribution in [-0.4, -0.2) is 19.4 Å². The molecule has 0 unspecified atom stereocenters. The molecular formula is C17H21NOS. The molecule has 0 amide bonds. The van der Waals surface area contributed by atoms with Crippen molar-refractivity contribution in [3.8, 4) is 0 Å². The predicted octanol–water partition coefficient (Wildman–Crippen LogP) is 4.46. The van der Waals surface area contributed by atoms with E-state index in [9.17, 15) is 4.79 Å². The van der Waals surface area contributed by atoms with Crippen LogP contribution in [0, 0.1) is 13.8 Å². The molecule has 2 nitrogen and oxygen atoms in total. The third kappa shape index (κ3) is 3.94. The Kier molecular flexibility index (Phi) is 4.96. The highest BCUT2D eigenvalue weighted by Gasteiger charge is 2.08. The van der Waals surface area contributed by atoms with Gasteiger partial charge in [0.2, 0.25) is 0 Å². The molecule has 20 heavy (non-hydrogen) atoms. The Labute approximate surface area is 125 Å². The number of nitrogens with zero attached hydrogens (tertiary/aromatic N) is 1.